The summed E-state index contributed by atoms with van der Waals surface area (Å²) in [6, 6.07) is 11.5. The van der Waals surface area contributed by atoms with Gasteiger partial charge in [0.2, 0.25) is 5.91 Å². The molecular weight excluding hydrogens is 226 g/mol. The molecule has 0 spiro atoms. The first-order valence-corrected chi connectivity index (χ1v) is 5.80. The standard InChI is InChI=1S/C15H15NO2/c1-11(17)16-10-4-6-13-9-8-12-5-2-3-7-14(12)15(13)18/h2-9,18H,10H2,1H3,(H,16,17). The summed E-state index contributed by atoms with van der Waals surface area (Å²) in [4.78, 5) is 10.7. The molecule has 0 aliphatic heterocycles. The summed E-state index contributed by atoms with van der Waals surface area (Å²) >= 11 is 0. The Balaban J connectivity index is 2.24. The van der Waals surface area contributed by atoms with Gasteiger partial charge < -0.3 is 10.4 Å². The third-order valence-corrected chi connectivity index (χ3v) is 2.70. The summed E-state index contributed by atoms with van der Waals surface area (Å²) in [5, 5.41) is 14.6. The average Bonchev–Trinajstić information content (AvgIpc) is 2.37. The van der Waals surface area contributed by atoms with Crippen molar-refractivity contribution in [2.24, 2.45) is 0 Å². The Bertz CT molecular complexity index is 602. The Hall–Kier alpha value is -2.29. The van der Waals surface area contributed by atoms with Crippen LogP contribution in [0.25, 0.3) is 16.8 Å². The Kier molecular flexibility index (Phi) is 3.63. The summed E-state index contributed by atoms with van der Waals surface area (Å²) in [7, 11) is 0. The number of phenolic OH excluding ortho intramolecular Hbond substituents is 1. The van der Waals surface area contributed by atoms with E-state index in [9.17, 15) is 9.90 Å². The van der Waals surface area contributed by atoms with E-state index in [1.165, 1.54) is 6.92 Å². The second kappa shape index (κ2) is 5.36. The van der Waals surface area contributed by atoms with Gasteiger partial charge in [-0.2, -0.15) is 0 Å². The Morgan fingerprint density at radius 3 is 2.83 bits per heavy atom. The van der Waals surface area contributed by atoms with Crippen molar-refractivity contribution in [3.63, 3.8) is 0 Å². The lowest BCUT2D eigenvalue weighted by atomic mass is 10.1. The van der Waals surface area contributed by atoms with Gasteiger partial charge in [0.1, 0.15) is 5.75 Å². The average molecular weight is 241 g/mol. The molecule has 2 aromatic rings. The number of amides is 1. The van der Waals surface area contributed by atoms with Crippen LogP contribution >= 0.6 is 0 Å². The minimum Gasteiger partial charge on any atom is -0.507 e. The van der Waals surface area contributed by atoms with Crippen LogP contribution < -0.4 is 5.32 Å². The second-order valence-corrected chi connectivity index (χ2v) is 4.06. The van der Waals surface area contributed by atoms with E-state index < -0.39 is 0 Å². The first-order valence-electron chi connectivity index (χ1n) is 5.80. The van der Waals surface area contributed by atoms with Crippen LogP contribution in [0.3, 0.4) is 0 Å². The van der Waals surface area contributed by atoms with Crippen molar-refractivity contribution in [1.82, 2.24) is 5.32 Å². The Morgan fingerprint density at radius 1 is 1.28 bits per heavy atom. The molecule has 2 rings (SSSR count). The fraction of sp³-hybridized carbons (Fsp3) is 0.133. The van der Waals surface area contributed by atoms with Gasteiger partial charge in [-0.3, -0.25) is 4.79 Å². The maximum absolute atomic E-state index is 10.7. The molecule has 18 heavy (non-hydrogen) atoms. The maximum atomic E-state index is 10.7. The third-order valence-electron chi connectivity index (χ3n) is 2.70. The number of aromatic hydroxyl groups is 1. The first-order chi connectivity index (χ1) is 8.68. The lowest BCUT2D eigenvalue weighted by Crippen LogP contribution is -2.19. The number of fused-ring (bicyclic) bond motifs is 1. The molecule has 2 N–H and O–H groups in total. The zero-order valence-corrected chi connectivity index (χ0v) is 10.2. The Labute approximate surface area is 106 Å². The van der Waals surface area contributed by atoms with Crippen LogP contribution in [0.15, 0.2) is 42.5 Å². The molecule has 1 amide bonds. The molecule has 0 heterocycles. The van der Waals surface area contributed by atoms with Gasteiger partial charge in [0.25, 0.3) is 0 Å². The highest BCUT2D eigenvalue weighted by atomic mass is 16.3. The predicted molar refractivity (Wildman–Crippen MR) is 73.3 cm³/mol. The van der Waals surface area contributed by atoms with E-state index in [0.717, 1.165) is 16.3 Å². The van der Waals surface area contributed by atoms with Crippen LogP contribution in [0.4, 0.5) is 0 Å². The summed E-state index contributed by atoms with van der Waals surface area (Å²) in [5.74, 6) is 0.203. The number of phenols is 1. The van der Waals surface area contributed by atoms with E-state index in [0.29, 0.717) is 6.54 Å². The highest BCUT2D eigenvalue weighted by molar-refractivity contribution is 5.91. The van der Waals surface area contributed by atoms with E-state index in [1.54, 1.807) is 6.08 Å². The van der Waals surface area contributed by atoms with Gasteiger partial charge in [-0.05, 0) is 5.39 Å². The van der Waals surface area contributed by atoms with E-state index in [2.05, 4.69) is 5.32 Å². The molecule has 0 fully saturated rings. The summed E-state index contributed by atoms with van der Waals surface area (Å²) in [5.41, 5.74) is 0.749. The highest BCUT2D eigenvalue weighted by Crippen LogP contribution is 2.29. The van der Waals surface area contributed by atoms with Gasteiger partial charge in [-0.15, -0.1) is 0 Å². The molecule has 0 aromatic heterocycles. The number of hydrogen-bond acceptors (Lipinski definition) is 2. The van der Waals surface area contributed by atoms with Gasteiger partial charge in [-0.1, -0.05) is 48.6 Å². The van der Waals surface area contributed by atoms with E-state index in [1.807, 2.05) is 42.5 Å². The van der Waals surface area contributed by atoms with E-state index in [4.69, 9.17) is 0 Å². The zero-order valence-electron chi connectivity index (χ0n) is 10.2. The van der Waals surface area contributed by atoms with Crippen LogP contribution in [0.1, 0.15) is 12.5 Å². The number of carbonyl (C=O) groups is 1. The lowest BCUT2D eigenvalue weighted by molar-refractivity contribution is -0.118. The van der Waals surface area contributed by atoms with Crippen molar-refractivity contribution in [1.29, 1.82) is 0 Å². The second-order valence-electron chi connectivity index (χ2n) is 4.06. The van der Waals surface area contributed by atoms with Crippen LogP contribution in [0.5, 0.6) is 5.75 Å². The van der Waals surface area contributed by atoms with E-state index >= 15 is 0 Å². The number of benzene rings is 2. The van der Waals surface area contributed by atoms with Crippen LogP contribution in [-0.2, 0) is 4.79 Å². The molecule has 0 atom stereocenters. The van der Waals surface area contributed by atoms with Crippen LogP contribution in [-0.4, -0.2) is 17.6 Å². The molecule has 3 nitrogen and oxygen atoms in total. The van der Waals surface area contributed by atoms with Gasteiger partial charge in [0.15, 0.2) is 0 Å². The molecular formula is C15H15NO2. The molecule has 0 aliphatic carbocycles. The van der Waals surface area contributed by atoms with Gasteiger partial charge in [0, 0.05) is 24.4 Å². The molecule has 0 radical (unpaired) electrons. The van der Waals surface area contributed by atoms with Gasteiger partial charge >= 0.3 is 0 Å². The number of hydrogen-bond donors (Lipinski definition) is 2. The summed E-state index contributed by atoms with van der Waals surface area (Å²) in [6.45, 7) is 1.93. The normalized spacial score (nSPS) is 10.9. The van der Waals surface area contributed by atoms with E-state index in [-0.39, 0.29) is 11.7 Å². The van der Waals surface area contributed by atoms with Gasteiger partial charge in [-0.25, -0.2) is 0 Å². The summed E-state index contributed by atoms with van der Waals surface area (Å²) < 4.78 is 0. The minimum absolute atomic E-state index is 0.0672. The molecule has 0 saturated carbocycles. The molecule has 0 unspecified atom stereocenters. The third kappa shape index (κ3) is 2.69. The maximum Gasteiger partial charge on any atom is 0.217 e. The van der Waals surface area contributed by atoms with Crippen molar-refractivity contribution in [2.75, 3.05) is 6.54 Å². The van der Waals surface area contributed by atoms with Crippen molar-refractivity contribution >= 4 is 22.8 Å². The number of nitrogens with one attached hydrogen (secondary N) is 1. The largest absolute Gasteiger partial charge is 0.507 e. The molecule has 0 aliphatic rings. The molecule has 92 valence electrons. The molecule has 0 bridgehead atoms. The number of rotatable bonds is 3. The zero-order chi connectivity index (χ0) is 13.0. The monoisotopic (exact) mass is 241 g/mol. The van der Waals surface area contributed by atoms with Crippen LogP contribution in [0.2, 0.25) is 0 Å². The minimum atomic E-state index is -0.0672. The molecule has 0 saturated heterocycles. The SMILES string of the molecule is CC(=O)NCC=Cc1ccc2ccccc2c1O. The summed E-state index contributed by atoms with van der Waals surface area (Å²) in [6.07, 6.45) is 3.61. The van der Waals surface area contributed by atoms with Gasteiger partial charge in [0.05, 0.1) is 0 Å². The fourth-order valence-electron chi connectivity index (χ4n) is 1.80. The smallest absolute Gasteiger partial charge is 0.217 e. The van der Waals surface area contributed by atoms with Crippen LogP contribution in [0, 0.1) is 0 Å². The topological polar surface area (TPSA) is 49.3 Å². The van der Waals surface area contributed by atoms with Crippen molar-refractivity contribution in [3.05, 3.63) is 48.0 Å². The predicted octanol–water partition coefficient (Wildman–Crippen LogP) is 2.69. The fourth-order valence-corrected chi connectivity index (χ4v) is 1.80. The first kappa shape index (κ1) is 12.2. The lowest BCUT2D eigenvalue weighted by Gasteiger charge is -2.04. The molecule has 2 aromatic carbocycles. The quantitative estimate of drug-likeness (QED) is 0.868. The highest BCUT2D eigenvalue weighted by Gasteiger charge is 2.02. The number of carbonyl (C=O) groups excluding carboxylic acids is 1. The van der Waals surface area contributed by atoms with Crippen molar-refractivity contribution in [3.8, 4) is 5.75 Å². The Morgan fingerprint density at radius 2 is 2.06 bits per heavy atom. The molecule has 3 heteroatoms. The van der Waals surface area contributed by atoms with Crippen molar-refractivity contribution < 1.29 is 9.90 Å². The van der Waals surface area contributed by atoms with Crippen molar-refractivity contribution in [2.45, 2.75) is 6.92 Å².